The monoisotopic (exact) mass is 338 g/mol. The molecule has 0 aromatic heterocycles. The largest absolute Gasteiger partial charge is 0.467 e. The zero-order valence-electron chi connectivity index (χ0n) is 14.5. The second kappa shape index (κ2) is 7.38. The average molecular weight is 338 g/mol. The molecule has 1 heterocycles. The average Bonchev–Trinajstić information content (AvgIpc) is 3.05. The van der Waals surface area contributed by atoms with Crippen LogP contribution in [0.1, 0.15) is 18.1 Å². The molecule has 1 unspecified atom stereocenters. The van der Waals surface area contributed by atoms with Crippen LogP contribution in [0.25, 0.3) is 0 Å². The number of fused-ring (bicyclic) bond motifs is 1. The number of esters is 1. The molecule has 1 N–H and O–H groups in total. The zero-order chi connectivity index (χ0) is 17.8. The lowest BCUT2D eigenvalue weighted by Gasteiger charge is -2.19. The van der Waals surface area contributed by atoms with Gasteiger partial charge in [0.25, 0.3) is 0 Å². The fourth-order valence-electron chi connectivity index (χ4n) is 3.21. The first-order valence-electron chi connectivity index (χ1n) is 8.38. The molecule has 0 spiro atoms. The van der Waals surface area contributed by atoms with Gasteiger partial charge < -0.3 is 15.0 Å². The summed E-state index contributed by atoms with van der Waals surface area (Å²) in [5.41, 5.74) is 3.99. The molecule has 0 aliphatic carbocycles. The van der Waals surface area contributed by atoms with Gasteiger partial charge in [-0.3, -0.25) is 4.79 Å². The third-order valence-electron chi connectivity index (χ3n) is 4.46. The van der Waals surface area contributed by atoms with Crippen molar-refractivity contribution in [1.29, 1.82) is 0 Å². The molecule has 1 aliphatic heterocycles. The molecule has 3 rings (SSSR count). The molecule has 5 nitrogen and oxygen atoms in total. The summed E-state index contributed by atoms with van der Waals surface area (Å²) in [5, 5.41) is 3.27. The second-order valence-electron chi connectivity index (χ2n) is 6.17. The molecule has 0 fully saturated rings. The smallest absolute Gasteiger partial charge is 0.328 e. The molecule has 0 saturated heterocycles. The van der Waals surface area contributed by atoms with E-state index < -0.39 is 6.04 Å². The number of methoxy groups -OCH3 is 1. The number of ether oxygens (including phenoxy) is 1. The number of anilines is 2. The predicted octanol–water partition coefficient (Wildman–Crippen LogP) is 2.79. The van der Waals surface area contributed by atoms with Crippen molar-refractivity contribution < 1.29 is 14.3 Å². The maximum atomic E-state index is 12.2. The van der Waals surface area contributed by atoms with E-state index in [1.54, 1.807) is 11.8 Å². The van der Waals surface area contributed by atoms with Crippen LogP contribution in [0.5, 0.6) is 0 Å². The number of benzene rings is 2. The van der Waals surface area contributed by atoms with Gasteiger partial charge in [0.05, 0.1) is 7.11 Å². The van der Waals surface area contributed by atoms with Crippen molar-refractivity contribution >= 4 is 23.3 Å². The number of carbonyl (C=O) groups is 2. The molecule has 0 bridgehead atoms. The highest BCUT2D eigenvalue weighted by Gasteiger charge is 2.24. The number of rotatable bonds is 5. The van der Waals surface area contributed by atoms with Crippen LogP contribution in [0.2, 0.25) is 0 Å². The van der Waals surface area contributed by atoms with Crippen LogP contribution in [0.3, 0.4) is 0 Å². The quantitative estimate of drug-likeness (QED) is 0.852. The topological polar surface area (TPSA) is 58.6 Å². The summed E-state index contributed by atoms with van der Waals surface area (Å²) in [4.78, 5) is 25.6. The van der Waals surface area contributed by atoms with Crippen molar-refractivity contribution in [2.45, 2.75) is 25.8 Å². The Balaban J connectivity index is 1.78. The fraction of sp³-hybridized carbons (Fsp3) is 0.300. The van der Waals surface area contributed by atoms with Crippen molar-refractivity contribution in [3.63, 3.8) is 0 Å². The summed E-state index contributed by atoms with van der Waals surface area (Å²) < 4.78 is 4.94. The molecule has 0 radical (unpaired) electrons. The van der Waals surface area contributed by atoms with Crippen LogP contribution in [-0.2, 0) is 27.2 Å². The fourth-order valence-corrected chi connectivity index (χ4v) is 3.21. The van der Waals surface area contributed by atoms with E-state index in [0.717, 1.165) is 28.9 Å². The Morgan fingerprint density at radius 3 is 2.64 bits per heavy atom. The minimum absolute atomic E-state index is 0.0518. The number of hydrogen-bond donors (Lipinski definition) is 1. The summed E-state index contributed by atoms with van der Waals surface area (Å²) >= 11 is 0. The van der Waals surface area contributed by atoms with E-state index in [4.69, 9.17) is 4.74 Å². The van der Waals surface area contributed by atoms with Gasteiger partial charge in [-0.05, 0) is 35.7 Å². The van der Waals surface area contributed by atoms with Crippen molar-refractivity contribution in [2.24, 2.45) is 0 Å². The second-order valence-corrected chi connectivity index (χ2v) is 6.17. The molecule has 1 aliphatic rings. The van der Waals surface area contributed by atoms with Crippen molar-refractivity contribution in [3.8, 4) is 0 Å². The van der Waals surface area contributed by atoms with Crippen molar-refractivity contribution in [1.82, 2.24) is 0 Å². The van der Waals surface area contributed by atoms with Gasteiger partial charge in [-0.2, -0.15) is 0 Å². The minimum Gasteiger partial charge on any atom is -0.467 e. The van der Waals surface area contributed by atoms with E-state index in [1.165, 1.54) is 7.11 Å². The van der Waals surface area contributed by atoms with Crippen LogP contribution in [0, 0.1) is 0 Å². The van der Waals surface area contributed by atoms with Gasteiger partial charge in [-0.1, -0.05) is 30.3 Å². The highest BCUT2D eigenvalue weighted by atomic mass is 16.5. The van der Waals surface area contributed by atoms with Gasteiger partial charge in [-0.15, -0.1) is 0 Å². The lowest BCUT2D eigenvalue weighted by molar-refractivity contribution is -0.141. The first-order chi connectivity index (χ1) is 12.1. The summed E-state index contributed by atoms with van der Waals surface area (Å²) in [6, 6.07) is 15.2. The molecule has 25 heavy (non-hydrogen) atoms. The van der Waals surface area contributed by atoms with Gasteiger partial charge in [0, 0.05) is 31.3 Å². The Kier molecular flexibility index (Phi) is 5.03. The highest BCUT2D eigenvalue weighted by molar-refractivity contribution is 5.94. The molecular weight excluding hydrogens is 316 g/mol. The Hall–Kier alpha value is -2.82. The summed E-state index contributed by atoms with van der Waals surface area (Å²) in [6.07, 6.45) is 1.37. The number of amides is 1. The van der Waals surface area contributed by atoms with E-state index in [1.807, 2.05) is 48.5 Å². The number of nitrogens with zero attached hydrogens (tertiary/aromatic N) is 1. The highest BCUT2D eigenvalue weighted by Crippen LogP contribution is 2.30. The third kappa shape index (κ3) is 3.82. The van der Waals surface area contributed by atoms with Crippen LogP contribution < -0.4 is 10.2 Å². The lowest BCUT2D eigenvalue weighted by Crippen LogP contribution is -2.32. The van der Waals surface area contributed by atoms with Crippen LogP contribution in [-0.4, -0.2) is 31.6 Å². The standard InChI is InChI=1S/C20H22N2O3/c1-14(23)22-11-10-16-13-17(8-9-19(16)22)21-18(20(24)25-2)12-15-6-4-3-5-7-15/h3-9,13,18,21H,10-12H2,1-2H3. The Bertz CT molecular complexity index is 774. The normalized spacial score (nSPS) is 13.9. The van der Waals surface area contributed by atoms with Crippen LogP contribution in [0.4, 0.5) is 11.4 Å². The van der Waals surface area contributed by atoms with Gasteiger partial charge in [0.1, 0.15) is 6.04 Å². The zero-order valence-corrected chi connectivity index (χ0v) is 14.5. The van der Waals surface area contributed by atoms with E-state index in [-0.39, 0.29) is 11.9 Å². The molecular formula is C20H22N2O3. The van der Waals surface area contributed by atoms with Gasteiger partial charge in [0.2, 0.25) is 5.91 Å². The Morgan fingerprint density at radius 2 is 1.96 bits per heavy atom. The maximum Gasteiger partial charge on any atom is 0.328 e. The van der Waals surface area contributed by atoms with E-state index in [0.29, 0.717) is 13.0 Å². The third-order valence-corrected chi connectivity index (χ3v) is 4.46. The number of hydrogen-bond acceptors (Lipinski definition) is 4. The SMILES string of the molecule is COC(=O)C(Cc1ccccc1)Nc1ccc2c(c1)CCN2C(C)=O. The molecule has 2 aromatic rings. The first kappa shape index (κ1) is 17.0. The summed E-state index contributed by atoms with van der Waals surface area (Å²) in [5.74, 6) is -0.245. The van der Waals surface area contributed by atoms with Crippen molar-refractivity contribution in [3.05, 3.63) is 59.7 Å². The molecule has 0 saturated carbocycles. The van der Waals surface area contributed by atoms with E-state index in [2.05, 4.69) is 5.32 Å². The molecule has 1 amide bonds. The predicted molar refractivity (Wildman–Crippen MR) is 97.7 cm³/mol. The first-order valence-corrected chi connectivity index (χ1v) is 8.38. The Morgan fingerprint density at radius 1 is 1.20 bits per heavy atom. The maximum absolute atomic E-state index is 12.2. The van der Waals surface area contributed by atoms with Crippen molar-refractivity contribution in [2.75, 3.05) is 23.9 Å². The number of nitrogens with one attached hydrogen (secondary N) is 1. The van der Waals surface area contributed by atoms with Gasteiger partial charge in [-0.25, -0.2) is 4.79 Å². The Labute approximate surface area is 147 Å². The summed E-state index contributed by atoms with van der Waals surface area (Å²) in [6.45, 7) is 2.28. The summed E-state index contributed by atoms with van der Waals surface area (Å²) in [7, 11) is 1.40. The van der Waals surface area contributed by atoms with Crippen LogP contribution >= 0.6 is 0 Å². The van der Waals surface area contributed by atoms with Gasteiger partial charge >= 0.3 is 5.97 Å². The van der Waals surface area contributed by atoms with Gasteiger partial charge in [0.15, 0.2) is 0 Å². The van der Waals surface area contributed by atoms with Crippen LogP contribution in [0.15, 0.2) is 48.5 Å². The molecule has 5 heteroatoms. The van der Waals surface area contributed by atoms with E-state index in [9.17, 15) is 9.59 Å². The lowest BCUT2D eigenvalue weighted by atomic mass is 10.0. The number of carbonyl (C=O) groups excluding carboxylic acids is 2. The molecule has 2 aromatic carbocycles. The molecule has 130 valence electrons. The minimum atomic E-state index is -0.462. The van der Waals surface area contributed by atoms with E-state index >= 15 is 0 Å². The molecule has 1 atom stereocenters.